The van der Waals surface area contributed by atoms with E-state index in [0.717, 1.165) is 12.5 Å². The fourth-order valence-electron chi connectivity index (χ4n) is 2.51. The molecule has 4 heteroatoms. The van der Waals surface area contributed by atoms with Crippen molar-refractivity contribution in [1.82, 2.24) is 15.0 Å². The third kappa shape index (κ3) is 2.70. The van der Waals surface area contributed by atoms with Gasteiger partial charge >= 0.3 is 0 Å². The van der Waals surface area contributed by atoms with E-state index in [2.05, 4.69) is 17.1 Å². The lowest BCUT2D eigenvalue weighted by molar-refractivity contribution is 0.228. The molecule has 2 rings (SSSR count). The van der Waals surface area contributed by atoms with Gasteiger partial charge in [0, 0.05) is 0 Å². The second-order valence-electron chi connectivity index (χ2n) is 4.70. The molecule has 1 heterocycles. The Morgan fingerprint density at radius 1 is 1.47 bits per heavy atom. The van der Waals surface area contributed by atoms with Crippen LogP contribution in [0.25, 0.3) is 0 Å². The second-order valence-corrected chi connectivity index (χ2v) is 4.70. The first-order valence-electron chi connectivity index (χ1n) is 5.91. The molecule has 1 aliphatic carbocycles. The number of hydrogen-bond donors (Lipinski definition) is 1. The third-order valence-corrected chi connectivity index (χ3v) is 3.46. The largest absolute Gasteiger partial charge is 0.381 e. The van der Waals surface area contributed by atoms with Crippen LogP contribution in [0, 0.1) is 11.8 Å². The van der Waals surface area contributed by atoms with Crippen molar-refractivity contribution in [2.24, 2.45) is 11.8 Å². The van der Waals surface area contributed by atoms with Crippen molar-refractivity contribution in [3.05, 3.63) is 6.20 Å². The van der Waals surface area contributed by atoms with Gasteiger partial charge in [0.05, 0.1) is 12.7 Å². The van der Waals surface area contributed by atoms with Gasteiger partial charge in [-0.3, -0.25) is 0 Å². The number of nitrogens with two attached hydrogens (primary N) is 1. The lowest BCUT2D eigenvalue weighted by atomic mass is 9.81. The maximum Gasteiger partial charge on any atom is 0.165 e. The monoisotopic (exact) mass is 208 g/mol. The highest BCUT2D eigenvalue weighted by Gasteiger charge is 2.20. The summed E-state index contributed by atoms with van der Waals surface area (Å²) >= 11 is 0. The molecule has 1 aromatic heterocycles. The molecule has 1 unspecified atom stereocenters. The van der Waals surface area contributed by atoms with Crippen molar-refractivity contribution in [2.75, 3.05) is 5.73 Å². The van der Waals surface area contributed by atoms with Crippen LogP contribution in [0.15, 0.2) is 6.20 Å². The van der Waals surface area contributed by atoms with Gasteiger partial charge in [0.1, 0.15) is 0 Å². The Labute approximate surface area is 90.8 Å². The molecule has 15 heavy (non-hydrogen) atoms. The number of nitrogens with zero attached hydrogens (tertiary/aromatic N) is 3. The van der Waals surface area contributed by atoms with Crippen LogP contribution in [0.1, 0.15) is 39.0 Å². The van der Waals surface area contributed by atoms with Gasteiger partial charge in [-0.2, -0.15) is 9.90 Å². The van der Waals surface area contributed by atoms with Crippen molar-refractivity contribution in [1.29, 1.82) is 0 Å². The number of nitrogen functional groups attached to an aromatic ring is 1. The highest BCUT2D eigenvalue weighted by atomic mass is 15.5. The summed E-state index contributed by atoms with van der Waals surface area (Å²) in [7, 11) is 0. The highest BCUT2D eigenvalue weighted by molar-refractivity contribution is 5.19. The van der Waals surface area contributed by atoms with Gasteiger partial charge in [-0.25, -0.2) is 0 Å². The van der Waals surface area contributed by atoms with E-state index in [-0.39, 0.29) is 0 Å². The zero-order chi connectivity index (χ0) is 10.7. The molecule has 0 spiro atoms. The maximum atomic E-state index is 5.54. The molecule has 0 saturated heterocycles. The van der Waals surface area contributed by atoms with Gasteiger partial charge in [-0.1, -0.05) is 39.0 Å². The second kappa shape index (κ2) is 4.64. The molecule has 84 valence electrons. The average Bonchev–Trinajstić information content (AvgIpc) is 2.65. The van der Waals surface area contributed by atoms with Crippen LogP contribution in [0.2, 0.25) is 0 Å². The Kier molecular flexibility index (Phi) is 3.23. The molecular formula is C11H20N4. The quantitative estimate of drug-likeness (QED) is 0.827. The number of aromatic nitrogens is 3. The van der Waals surface area contributed by atoms with E-state index in [1.807, 2.05) is 0 Å². The van der Waals surface area contributed by atoms with Crippen LogP contribution in [0.3, 0.4) is 0 Å². The predicted octanol–water partition coefficient (Wildman–Crippen LogP) is 2.08. The minimum atomic E-state index is 0.519. The Hall–Kier alpha value is -1.06. The minimum Gasteiger partial charge on any atom is -0.381 e. The molecule has 1 aliphatic rings. The first-order chi connectivity index (χ1) is 7.25. The minimum absolute atomic E-state index is 0.519. The van der Waals surface area contributed by atoms with Gasteiger partial charge in [-0.15, -0.1) is 5.10 Å². The van der Waals surface area contributed by atoms with E-state index < -0.39 is 0 Å². The van der Waals surface area contributed by atoms with Gasteiger partial charge in [-0.05, 0) is 11.8 Å². The van der Waals surface area contributed by atoms with Crippen molar-refractivity contribution in [2.45, 2.75) is 45.6 Å². The fourth-order valence-corrected chi connectivity index (χ4v) is 2.51. The normalized spacial score (nSPS) is 20.3. The lowest BCUT2D eigenvalue weighted by Gasteiger charge is -2.27. The molecule has 0 bridgehead atoms. The number of anilines is 1. The fraction of sp³-hybridized carbons (Fsp3) is 0.818. The molecule has 1 aromatic rings. The topological polar surface area (TPSA) is 56.7 Å². The van der Waals surface area contributed by atoms with Crippen LogP contribution in [-0.4, -0.2) is 15.0 Å². The van der Waals surface area contributed by atoms with Crippen molar-refractivity contribution >= 4 is 5.82 Å². The van der Waals surface area contributed by atoms with Gasteiger partial charge in [0.15, 0.2) is 5.82 Å². The summed E-state index contributed by atoms with van der Waals surface area (Å²) in [6.07, 6.45) is 8.56. The molecule has 1 fully saturated rings. The summed E-state index contributed by atoms with van der Waals surface area (Å²) in [4.78, 5) is 1.73. The third-order valence-electron chi connectivity index (χ3n) is 3.46. The molecule has 0 radical (unpaired) electrons. The summed E-state index contributed by atoms with van der Waals surface area (Å²) in [6.45, 7) is 3.21. The van der Waals surface area contributed by atoms with Gasteiger partial charge in [0.25, 0.3) is 0 Å². The van der Waals surface area contributed by atoms with Crippen molar-refractivity contribution < 1.29 is 0 Å². The van der Waals surface area contributed by atoms with Crippen LogP contribution in [-0.2, 0) is 6.54 Å². The van der Waals surface area contributed by atoms with Crippen molar-refractivity contribution in [3.8, 4) is 0 Å². The van der Waals surface area contributed by atoms with E-state index >= 15 is 0 Å². The number of rotatable bonds is 3. The first kappa shape index (κ1) is 10.5. The Morgan fingerprint density at radius 3 is 2.80 bits per heavy atom. The Morgan fingerprint density at radius 2 is 2.20 bits per heavy atom. The molecule has 0 aromatic carbocycles. The maximum absolute atomic E-state index is 5.54. The molecule has 2 N–H and O–H groups in total. The molecule has 4 nitrogen and oxygen atoms in total. The standard InChI is InChI=1S/C11H20N4/c1-9(10-5-3-2-4-6-10)8-15-13-7-11(12)14-15/h7,9-10H,2-6,8H2,1H3,(H2,12,14). The zero-order valence-corrected chi connectivity index (χ0v) is 9.39. The smallest absolute Gasteiger partial charge is 0.165 e. The van der Waals surface area contributed by atoms with Crippen LogP contribution in [0.4, 0.5) is 5.82 Å². The lowest BCUT2D eigenvalue weighted by Crippen LogP contribution is -2.21. The Balaban J connectivity index is 1.88. The predicted molar refractivity (Wildman–Crippen MR) is 60.2 cm³/mol. The molecule has 0 aliphatic heterocycles. The van der Waals surface area contributed by atoms with E-state index in [1.165, 1.54) is 32.1 Å². The van der Waals surface area contributed by atoms with E-state index in [4.69, 9.17) is 5.73 Å². The van der Waals surface area contributed by atoms with Crippen LogP contribution < -0.4 is 5.73 Å². The molecular weight excluding hydrogens is 188 g/mol. The van der Waals surface area contributed by atoms with E-state index in [9.17, 15) is 0 Å². The van der Waals surface area contributed by atoms with Crippen molar-refractivity contribution in [3.63, 3.8) is 0 Å². The van der Waals surface area contributed by atoms with E-state index in [1.54, 1.807) is 11.0 Å². The summed E-state index contributed by atoms with van der Waals surface area (Å²) in [6, 6.07) is 0. The zero-order valence-electron chi connectivity index (χ0n) is 9.39. The Bertz CT molecular complexity index is 301. The highest BCUT2D eigenvalue weighted by Crippen LogP contribution is 2.30. The molecule has 1 saturated carbocycles. The van der Waals surface area contributed by atoms with E-state index in [0.29, 0.717) is 11.7 Å². The average molecular weight is 208 g/mol. The van der Waals surface area contributed by atoms with Gasteiger partial charge < -0.3 is 5.73 Å². The first-order valence-corrected chi connectivity index (χ1v) is 5.91. The summed E-state index contributed by atoms with van der Waals surface area (Å²) in [5.74, 6) is 2.04. The summed E-state index contributed by atoms with van der Waals surface area (Å²) < 4.78 is 0. The van der Waals surface area contributed by atoms with Crippen LogP contribution in [0.5, 0.6) is 0 Å². The molecule has 0 amide bonds. The van der Waals surface area contributed by atoms with Gasteiger partial charge in [0.2, 0.25) is 0 Å². The molecule has 1 atom stereocenters. The summed E-state index contributed by atoms with van der Waals surface area (Å²) in [5.41, 5.74) is 5.54. The van der Waals surface area contributed by atoms with Crippen LogP contribution >= 0.6 is 0 Å². The summed E-state index contributed by atoms with van der Waals surface area (Å²) in [5, 5.41) is 8.26. The SMILES string of the molecule is CC(Cn1ncc(N)n1)C1CCCCC1. The number of hydrogen-bond acceptors (Lipinski definition) is 3.